The minimum Gasteiger partial charge on any atom is -0.492 e. The summed E-state index contributed by atoms with van der Waals surface area (Å²) in [5, 5.41) is 3.51. The molecule has 0 bridgehead atoms. The first-order valence-electron chi connectivity index (χ1n) is 7.55. The van der Waals surface area contributed by atoms with E-state index in [4.69, 9.17) is 9.47 Å². The van der Waals surface area contributed by atoms with Crippen molar-refractivity contribution in [3.8, 4) is 5.75 Å². The zero-order chi connectivity index (χ0) is 14.8. The van der Waals surface area contributed by atoms with Gasteiger partial charge in [-0.05, 0) is 44.4 Å². The van der Waals surface area contributed by atoms with Crippen LogP contribution in [0, 0.1) is 0 Å². The molecule has 0 aliphatic rings. The van der Waals surface area contributed by atoms with Crippen molar-refractivity contribution in [1.82, 2.24) is 10.3 Å². The Bertz CT molecular complexity index is 371. The van der Waals surface area contributed by atoms with Crippen LogP contribution in [0.4, 0.5) is 0 Å². The molecule has 2 atom stereocenters. The van der Waals surface area contributed by atoms with Crippen LogP contribution in [0.5, 0.6) is 5.75 Å². The van der Waals surface area contributed by atoms with E-state index >= 15 is 0 Å². The van der Waals surface area contributed by atoms with Crippen molar-refractivity contribution in [2.24, 2.45) is 0 Å². The largest absolute Gasteiger partial charge is 0.492 e. The molecule has 4 nitrogen and oxygen atoms in total. The van der Waals surface area contributed by atoms with Crippen molar-refractivity contribution in [3.63, 3.8) is 0 Å². The standard InChI is InChI=1S/C16H28N2O2/c1-5-9-20-15-10-14(11-17-12-15)16(18-6-2)8-7-13(3)19-4/h10-13,16,18H,5-9H2,1-4H3. The molecule has 1 heterocycles. The summed E-state index contributed by atoms with van der Waals surface area (Å²) in [6.45, 7) is 7.99. The lowest BCUT2D eigenvalue weighted by atomic mass is 10.0. The second-order valence-electron chi connectivity index (χ2n) is 5.04. The number of aromatic nitrogens is 1. The quantitative estimate of drug-likeness (QED) is 0.714. The highest BCUT2D eigenvalue weighted by Gasteiger charge is 2.13. The van der Waals surface area contributed by atoms with E-state index in [1.807, 2.05) is 6.20 Å². The van der Waals surface area contributed by atoms with Crippen LogP contribution >= 0.6 is 0 Å². The van der Waals surface area contributed by atoms with Gasteiger partial charge in [-0.3, -0.25) is 4.98 Å². The van der Waals surface area contributed by atoms with Crippen molar-refractivity contribution in [1.29, 1.82) is 0 Å². The van der Waals surface area contributed by atoms with Crippen LogP contribution in [-0.4, -0.2) is 31.3 Å². The third-order valence-corrected chi connectivity index (χ3v) is 3.32. The third-order valence-electron chi connectivity index (χ3n) is 3.32. The molecule has 0 aliphatic carbocycles. The van der Waals surface area contributed by atoms with Gasteiger partial charge in [-0.15, -0.1) is 0 Å². The van der Waals surface area contributed by atoms with Gasteiger partial charge in [0.2, 0.25) is 0 Å². The Morgan fingerprint density at radius 3 is 2.70 bits per heavy atom. The predicted molar refractivity (Wildman–Crippen MR) is 82.1 cm³/mol. The molecule has 1 aromatic heterocycles. The third kappa shape index (κ3) is 5.88. The van der Waals surface area contributed by atoms with Gasteiger partial charge in [0, 0.05) is 19.3 Å². The SMILES string of the molecule is CCCOc1cncc(C(CCC(C)OC)NCC)c1. The molecule has 1 rings (SSSR count). The maximum Gasteiger partial charge on any atom is 0.137 e. The van der Waals surface area contributed by atoms with E-state index in [1.165, 1.54) is 5.56 Å². The van der Waals surface area contributed by atoms with Gasteiger partial charge in [-0.25, -0.2) is 0 Å². The predicted octanol–water partition coefficient (Wildman–Crippen LogP) is 3.34. The van der Waals surface area contributed by atoms with E-state index in [2.05, 4.69) is 37.1 Å². The number of nitrogens with one attached hydrogen (secondary N) is 1. The molecule has 0 spiro atoms. The molecule has 0 aromatic carbocycles. The minimum atomic E-state index is 0.281. The summed E-state index contributed by atoms with van der Waals surface area (Å²) in [7, 11) is 1.76. The number of pyridine rings is 1. The van der Waals surface area contributed by atoms with Crippen molar-refractivity contribution in [3.05, 3.63) is 24.0 Å². The normalized spacial score (nSPS) is 14.0. The molecular formula is C16H28N2O2. The smallest absolute Gasteiger partial charge is 0.137 e. The average Bonchev–Trinajstić information content (AvgIpc) is 2.49. The fourth-order valence-electron chi connectivity index (χ4n) is 2.08. The van der Waals surface area contributed by atoms with Crippen LogP contribution < -0.4 is 10.1 Å². The molecule has 2 unspecified atom stereocenters. The van der Waals surface area contributed by atoms with Gasteiger partial charge >= 0.3 is 0 Å². The van der Waals surface area contributed by atoms with Crippen LogP contribution in [-0.2, 0) is 4.74 Å². The second kappa shape index (κ2) is 9.72. The maximum atomic E-state index is 5.66. The summed E-state index contributed by atoms with van der Waals surface area (Å²) in [5.74, 6) is 0.854. The molecule has 1 aromatic rings. The number of nitrogens with zero attached hydrogens (tertiary/aromatic N) is 1. The number of hydrogen-bond acceptors (Lipinski definition) is 4. The van der Waals surface area contributed by atoms with E-state index in [-0.39, 0.29) is 6.10 Å². The van der Waals surface area contributed by atoms with E-state index in [0.29, 0.717) is 6.04 Å². The highest BCUT2D eigenvalue weighted by Crippen LogP contribution is 2.22. The molecule has 20 heavy (non-hydrogen) atoms. The lowest BCUT2D eigenvalue weighted by Crippen LogP contribution is -2.22. The van der Waals surface area contributed by atoms with Crippen molar-refractivity contribution in [2.75, 3.05) is 20.3 Å². The molecule has 0 saturated carbocycles. The van der Waals surface area contributed by atoms with Gasteiger partial charge in [0.05, 0.1) is 18.9 Å². The van der Waals surface area contributed by atoms with Crippen molar-refractivity contribution in [2.45, 2.75) is 52.2 Å². The first kappa shape index (κ1) is 16.9. The molecule has 1 N–H and O–H groups in total. The molecule has 0 amide bonds. The highest BCUT2D eigenvalue weighted by atomic mass is 16.5. The van der Waals surface area contributed by atoms with E-state index in [9.17, 15) is 0 Å². The molecule has 0 radical (unpaired) electrons. The Morgan fingerprint density at radius 2 is 2.05 bits per heavy atom. The maximum absolute atomic E-state index is 5.66. The summed E-state index contributed by atoms with van der Waals surface area (Å²) in [6, 6.07) is 2.39. The van der Waals surface area contributed by atoms with Gasteiger partial charge in [0.1, 0.15) is 5.75 Å². The number of ether oxygens (including phenoxy) is 2. The van der Waals surface area contributed by atoms with E-state index in [1.54, 1.807) is 13.3 Å². The van der Waals surface area contributed by atoms with Crippen LogP contribution in [0.3, 0.4) is 0 Å². The summed E-state index contributed by atoms with van der Waals surface area (Å²) < 4.78 is 11.0. The number of rotatable bonds is 10. The zero-order valence-corrected chi connectivity index (χ0v) is 13.2. The van der Waals surface area contributed by atoms with Crippen LogP contribution in [0.25, 0.3) is 0 Å². The molecule has 114 valence electrons. The fraction of sp³-hybridized carbons (Fsp3) is 0.688. The zero-order valence-electron chi connectivity index (χ0n) is 13.2. The molecule has 0 saturated heterocycles. The Balaban J connectivity index is 2.69. The monoisotopic (exact) mass is 280 g/mol. The van der Waals surface area contributed by atoms with Gasteiger partial charge < -0.3 is 14.8 Å². The van der Waals surface area contributed by atoms with Gasteiger partial charge in [0.15, 0.2) is 0 Å². The van der Waals surface area contributed by atoms with Crippen LogP contribution in [0.2, 0.25) is 0 Å². The van der Waals surface area contributed by atoms with Gasteiger partial charge in [0.25, 0.3) is 0 Å². The summed E-state index contributed by atoms with van der Waals surface area (Å²) in [5.41, 5.74) is 1.18. The van der Waals surface area contributed by atoms with Crippen molar-refractivity contribution >= 4 is 0 Å². The highest BCUT2D eigenvalue weighted by molar-refractivity contribution is 5.26. The average molecular weight is 280 g/mol. The first-order valence-corrected chi connectivity index (χ1v) is 7.55. The molecule has 4 heteroatoms. The van der Waals surface area contributed by atoms with E-state index in [0.717, 1.165) is 38.2 Å². The second-order valence-corrected chi connectivity index (χ2v) is 5.04. The Kier molecular flexibility index (Phi) is 8.23. The van der Waals surface area contributed by atoms with E-state index < -0.39 is 0 Å². The Hall–Kier alpha value is -1.13. The van der Waals surface area contributed by atoms with Crippen LogP contribution in [0.15, 0.2) is 18.5 Å². The summed E-state index contributed by atoms with van der Waals surface area (Å²) >= 11 is 0. The topological polar surface area (TPSA) is 43.4 Å². The lowest BCUT2D eigenvalue weighted by Gasteiger charge is -2.20. The molecular weight excluding hydrogens is 252 g/mol. The molecule has 0 fully saturated rings. The Labute approximate surface area is 122 Å². The van der Waals surface area contributed by atoms with Gasteiger partial charge in [-0.2, -0.15) is 0 Å². The van der Waals surface area contributed by atoms with Crippen LogP contribution in [0.1, 0.15) is 51.6 Å². The molecule has 0 aliphatic heterocycles. The fourth-order valence-corrected chi connectivity index (χ4v) is 2.08. The van der Waals surface area contributed by atoms with Gasteiger partial charge in [-0.1, -0.05) is 13.8 Å². The first-order chi connectivity index (χ1) is 9.71. The summed E-state index contributed by atoms with van der Waals surface area (Å²) in [4.78, 5) is 4.29. The number of hydrogen-bond donors (Lipinski definition) is 1. The number of methoxy groups -OCH3 is 1. The minimum absolute atomic E-state index is 0.281. The van der Waals surface area contributed by atoms with Crippen molar-refractivity contribution < 1.29 is 9.47 Å². The summed E-state index contributed by atoms with van der Waals surface area (Å²) in [6.07, 6.45) is 7.04. The lowest BCUT2D eigenvalue weighted by molar-refractivity contribution is 0.106. The Morgan fingerprint density at radius 1 is 1.25 bits per heavy atom.